The van der Waals surface area contributed by atoms with Crippen LogP contribution in [0.25, 0.3) is 0 Å². The van der Waals surface area contributed by atoms with Gasteiger partial charge in [-0.2, -0.15) is 5.10 Å². The molecule has 0 fully saturated rings. The standard InChI is InChI=1S/C11H17N3O2/c1-3-9-8-6-12-5-4-10(8)14(13-9)7-11(15)16-2/h12H,3-7H2,1-2H3. The summed E-state index contributed by atoms with van der Waals surface area (Å²) in [7, 11) is 1.40. The second-order valence-corrected chi connectivity index (χ2v) is 3.89. The Morgan fingerprint density at radius 3 is 3.12 bits per heavy atom. The molecule has 2 heterocycles. The second-order valence-electron chi connectivity index (χ2n) is 3.89. The van der Waals surface area contributed by atoms with Crippen molar-refractivity contribution in [2.24, 2.45) is 0 Å². The number of carbonyl (C=O) groups excluding carboxylic acids is 1. The van der Waals surface area contributed by atoms with Gasteiger partial charge in [-0.15, -0.1) is 0 Å². The number of nitrogens with one attached hydrogen (secondary N) is 1. The van der Waals surface area contributed by atoms with Gasteiger partial charge in [0.2, 0.25) is 0 Å². The lowest BCUT2D eigenvalue weighted by atomic mass is 10.1. The molecule has 0 aromatic carbocycles. The van der Waals surface area contributed by atoms with Crippen molar-refractivity contribution in [3.05, 3.63) is 17.0 Å². The van der Waals surface area contributed by atoms with Gasteiger partial charge in [-0.3, -0.25) is 9.48 Å². The molecule has 0 spiro atoms. The van der Waals surface area contributed by atoms with E-state index in [4.69, 9.17) is 0 Å². The van der Waals surface area contributed by atoms with Crippen LogP contribution in [0.1, 0.15) is 23.9 Å². The van der Waals surface area contributed by atoms with E-state index in [-0.39, 0.29) is 12.5 Å². The van der Waals surface area contributed by atoms with E-state index < -0.39 is 0 Å². The molecule has 0 amide bonds. The zero-order chi connectivity index (χ0) is 11.5. The van der Waals surface area contributed by atoms with Gasteiger partial charge in [0, 0.05) is 30.8 Å². The average Bonchev–Trinajstić information content (AvgIpc) is 2.68. The van der Waals surface area contributed by atoms with Crippen LogP contribution in [-0.2, 0) is 35.5 Å². The zero-order valence-electron chi connectivity index (χ0n) is 9.75. The average molecular weight is 223 g/mol. The van der Waals surface area contributed by atoms with E-state index in [0.29, 0.717) is 0 Å². The van der Waals surface area contributed by atoms with Gasteiger partial charge in [0.15, 0.2) is 0 Å². The smallest absolute Gasteiger partial charge is 0.327 e. The van der Waals surface area contributed by atoms with Crippen molar-refractivity contribution in [2.75, 3.05) is 13.7 Å². The highest BCUT2D eigenvalue weighted by Gasteiger charge is 2.20. The molecule has 0 saturated carbocycles. The summed E-state index contributed by atoms with van der Waals surface area (Å²) in [6, 6.07) is 0. The molecule has 1 N–H and O–H groups in total. The first kappa shape index (κ1) is 11.1. The third-order valence-electron chi connectivity index (χ3n) is 2.93. The first-order chi connectivity index (χ1) is 7.76. The van der Waals surface area contributed by atoms with E-state index in [9.17, 15) is 4.79 Å². The molecule has 16 heavy (non-hydrogen) atoms. The fourth-order valence-electron chi connectivity index (χ4n) is 2.09. The number of aromatic nitrogens is 2. The minimum atomic E-state index is -0.244. The number of nitrogens with zero attached hydrogens (tertiary/aromatic N) is 2. The summed E-state index contributed by atoms with van der Waals surface area (Å²) >= 11 is 0. The summed E-state index contributed by atoms with van der Waals surface area (Å²) in [5, 5.41) is 7.80. The molecule has 0 unspecified atom stereocenters. The van der Waals surface area contributed by atoms with E-state index in [1.54, 1.807) is 4.68 Å². The quantitative estimate of drug-likeness (QED) is 0.747. The monoisotopic (exact) mass is 223 g/mol. The van der Waals surface area contributed by atoms with Gasteiger partial charge in [0.1, 0.15) is 6.54 Å². The summed E-state index contributed by atoms with van der Waals surface area (Å²) < 4.78 is 6.47. The fraction of sp³-hybridized carbons (Fsp3) is 0.636. The number of ether oxygens (including phenoxy) is 1. The van der Waals surface area contributed by atoms with Crippen LogP contribution in [0, 0.1) is 0 Å². The second kappa shape index (κ2) is 4.65. The number of hydrogen-bond donors (Lipinski definition) is 1. The molecule has 0 aliphatic carbocycles. The van der Waals surface area contributed by atoms with E-state index in [2.05, 4.69) is 22.1 Å². The highest BCUT2D eigenvalue weighted by atomic mass is 16.5. The van der Waals surface area contributed by atoms with Gasteiger partial charge in [-0.05, 0) is 6.42 Å². The third kappa shape index (κ3) is 1.95. The van der Waals surface area contributed by atoms with Gasteiger partial charge >= 0.3 is 5.97 Å². The van der Waals surface area contributed by atoms with Crippen molar-refractivity contribution in [2.45, 2.75) is 32.9 Å². The summed E-state index contributed by atoms with van der Waals surface area (Å²) in [4.78, 5) is 11.3. The van der Waals surface area contributed by atoms with Crippen molar-refractivity contribution in [3.8, 4) is 0 Å². The number of carbonyl (C=O) groups is 1. The van der Waals surface area contributed by atoms with Gasteiger partial charge in [0.05, 0.1) is 12.8 Å². The highest BCUT2D eigenvalue weighted by molar-refractivity contribution is 5.69. The van der Waals surface area contributed by atoms with Crippen molar-refractivity contribution in [1.29, 1.82) is 0 Å². The van der Waals surface area contributed by atoms with Gasteiger partial charge in [0.25, 0.3) is 0 Å². The number of hydrogen-bond acceptors (Lipinski definition) is 4. The van der Waals surface area contributed by atoms with Gasteiger partial charge in [-0.25, -0.2) is 0 Å². The lowest BCUT2D eigenvalue weighted by Gasteiger charge is -2.15. The predicted molar refractivity (Wildman–Crippen MR) is 59.0 cm³/mol. The van der Waals surface area contributed by atoms with Gasteiger partial charge < -0.3 is 10.1 Å². The first-order valence-electron chi connectivity index (χ1n) is 5.61. The molecular formula is C11H17N3O2. The van der Waals surface area contributed by atoms with Crippen molar-refractivity contribution in [3.63, 3.8) is 0 Å². The van der Waals surface area contributed by atoms with E-state index in [0.717, 1.165) is 31.6 Å². The minimum Gasteiger partial charge on any atom is -0.468 e. The maximum absolute atomic E-state index is 11.3. The Hall–Kier alpha value is -1.36. The number of esters is 1. The molecule has 1 aliphatic rings. The number of aryl methyl sites for hydroxylation is 1. The van der Waals surface area contributed by atoms with Crippen LogP contribution in [0.3, 0.4) is 0 Å². The SMILES string of the molecule is CCc1nn(CC(=O)OC)c2c1CNCC2. The normalized spacial score (nSPS) is 14.6. The molecule has 5 heteroatoms. The summed E-state index contributed by atoms with van der Waals surface area (Å²) in [6.45, 7) is 4.11. The summed E-state index contributed by atoms with van der Waals surface area (Å²) in [5.41, 5.74) is 3.53. The minimum absolute atomic E-state index is 0.221. The molecule has 1 aliphatic heterocycles. The third-order valence-corrected chi connectivity index (χ3v) is 2.93. The van der Waals surface area contributed by atoms with E-state index in [1.165, 1.54) is 18.4 Å². The van der Waals surface area contributed by atoms with Crippen molar-refractivity contribution >= 4 is 5.97 Å². The van der Waals surface area contributed by atoms with E-state index in [1.807, 2.05) is 0 Å². The molecule has 1 aromatic heterocycles. The number of fused-ring (bicyclic) bond motifs is 1. The Labute approximate surface area is 94.8 Å². The van der Waals surface area contributed by atoms with Crippen LogP contribution in [0.2, 0.25) is 0 Å². The summed E-state index contributed by atoms with van der Waals surface area (Å²) in [5.74, 6) is -0.244. The Morgan fingerprint density at radius 2 is 2.44 bits per heavy atom. The molecule has 0 bridgehead atoms. The highest BCUT2D eigenvalue weighted by Crippen LogP contribution is 2.18. The molecular weight excluding hydrogens is 206 g/mol. The van der Waals surface area contributed by atoms with Crippen LogP contribution < -0.4 is 5.32 Å². The Morgan fingerprint density at radius 1 is 1.62 bits per heavy atom. The predicted octanol–water partition coefficient (Wildman–Crippen LogP) is 0.264. The topological polar surface area (TPSA) is 56.2 Å². The lowest BCUT2D eigenvalue weighted by Crippen LogP contribution is -2.26. The summed E-state index contributed by atoms with van der Waals surface area (Å²) in [6.07, 6.45) is 1.83. The lowest BCUT2D eigenvalue weighted by molar-refractivity contribution is -0.141. The van der Waals surface area contributed by atoms with E-state index >= 15 is 0 Å². The maximum atomic E-state index is 11.3. The van der Waals surface area contributed by atoms with Crippen LogP contribution in [-0.4, -0.2) is 29.4 Å². The molecule has 0 saturated heterocycles. The largest absolute Gasteiger partial charge is 0.468 e. The fourth-order valence-corrected chi connectivity index (χ4v) is 2.09. The molecule has 5 nitrogen and oxygen atoms in total. The van der Waals surface area contributed by atoms with Crippen LogP contribution in [0.15, 0.2) is 0 Å². The number of methoxy groups -OCH3 is 1. The van der Waals surface area contributed by atoms with Crippen molar-refractivity contribution < 1.29 is 9.53 Å². The molecule has 2 rings (SSSR count). The van der Waals surface area contributed by atoms with Crippen LogP contribution >= 0.6 is 0 Å². The van der Waals surface area contributed by atoms with Crippen LogP contribution in [0.5, 0.6) is 0 Å². The zero-order valence-corrected chi connectivity index (χ0v) is 9.75. The molecule has 0 radical (unpaired) electrons. The van der Waals surface area contributed by atoms with Crippen LogP contribution in [0.4, 0.5) is 0 Å². The first-order valence-corrected chi connectivity index (χ1v) is 5.61. The Balaban J connectivity index is 2.30. The Bertz CT molecular complexity index is 398. The van der Waals surface area contributed by atoms with Gasteiger partial charge in [-0.1, -0.05) is 6.92 Å². The molecule has 88 valence electrons. The molecule has 1 aromatic rings. The number of rotatable bonds is 3. The molecule has 0 atom stereocenters. The Kier molecular flexibility index (Phi) is 3.24. The maximum Gasteiger partial charge on any atom is 0.327 e. The van der Waals surface area contributed by atoms with Crippen molar-refractivity contribution in [1.82, 2.24) is 15.1 Å².